The van der Waals surface area contributed by atoms with Crippen LogP contribution in [0.3, 0.4) is 0 Å². The highest BCUT2D eigenvalue weighted by molar-refractivity contribution is 5.84. The zero-order valence-corrected chi connectivity index (χ0v) is 17.0. The highest BCUT2D eigenvalue weighted by Crippen LogP contribution is 2.35. The standard InChI is InChI=1S/C23H24N2O5/c1-3-10-24-23(27)21-14-25(18-6-4-5-7-19(18)29-21)13-15-11-22(26)30-20-12-16(28-2)8-9-17(15)20/h4-9,11-12,21H,3,10,13-14H2,1-2H3,(H,24,27)/t21-/m1/s1. The van der Waals surface area contributed by atoms with Crippen molar-refractivity contribution in [3.05, 3.63) is 64.5 Å². The number of nitrogens with zero attached hydrogens (tertiary/aromatic N) is 1. The van der Waals surface area contributed by atoms with Gasteiger partial charge in [-0.05, 0) is 36.2 Å². The summed E-state index contributed by atoms with van der Waals surface area (Å²) in [6.07, 6.45) is 0.228. The van der Waals surface area contributed by atoms with Gasteiger partial charge in [-0.25, -0.2) is 4.79 Å². The van der Waals surface area contributed by atoms with Crippen LogP contribution in [0.4, 0.5) is 5.69 Å². The van der Waals surface area contributed by atoms with Crippen LogP contribution in [0.2, 0.25) is 0 Å². The lowest BCUT2D eigenvalue weighted by atomic mass is 10.1. The third-order valence-corrected chi connectivity index (χ3v) is 5.10. The Hall–Kier alpha value is -3.48. The summed E-state index contributed by atoms with van der Waals surface area (Å²) in [4.78, 5) is 26.8. The molecule has 1 aromatic heterocycles. The van der Waals surface area contributed by atoms with Gasteiger partial charge in [-0.2, -0.15) is 0 Å². The van der Waals surface area contributed by atoms with Crippen LogP contribution in [-0.2, 0) is 11.3 Å². The van der Waals surface area contributed by atoms with Gasteiger partial charge in [-0.1, -0.05) is 19.1 Å². The van der Waals surface area contributed by atoms with E-state index in [0.717, 1.165) is 23.1 Å². The number of carbonyl (C=O) groups is 1. The van der Waals surface area contributed by atoms with Crippen molar-refractivity contribution in [1.29, 1.82) is 0 Å². The second-order valence-corrected chi connectivity index (χ2v) is 7.20. The monoisotopic (exact) mass is 408 g/mol. The van der Waals surface area contributed by atoms with E-state index in [2.05, 4.69) is 10.2 Å². The Kier molecular flexibility index (Phi) is 5.61. The molecule has 1 aliphatic heterocycles. The molecule has 0 unspecified atom stereocenters. The van der Waals surface area contributed by atoms with Crippen molar-refractivity contribution in [2.75, 3.05) is 25.1 Å². The molecule has 4 rings (SSSR count). The molecular formula is C23H24N2O5. The molecule has 0 saturated heterocycles. The van der Waals surface area contributed by atoms with Crippen LogP contribution in [-0.4, -0.2) is 32.2 Å². The smallest absolute Gasteiger partial charge is 0.336 e. The van der Waals surface area contributed by atoms with Gasteiger partial charge in [-0.15, -0.1) is 0 Å². The molecule has 7 nitrogen and oxygen atoms in total. The highest BCUT2D eigenvalue weighted by Gasteiger charge is 2.30. The summed E-state index contributed by atoms with van der Waals surface area (Å²) in [5, 5.41) is 3.72. The largest absolute Gasteiger partial charge is 0.497 e. The Bertz CT molecular complexity index is 1120. The lowest BCUT2D eigenvalue weighted by molar-refractivity contribution is -0.127. The van der Waals surface area contributed by atoms with E-state index < -0.39 is 11.7 Å². The topological polar surface area (TPSA) is 81.0 Å². The maximum atomic E-state index is 12.6. The highest BCUT2D eigenvalue weighted by atomic mass is 16.5. The molecule has 2 heterocycles. The molecule has 1 N–H and O–H groups in total. The van der Waals surface area contributed by atoms with Crippen molar-refractivity contribution >= 4 is 22.6 Å². The SMILES string of the molecule is CCCNC(=O)[C@H]1CN(Cc2cc(=O)oc3cc(OC)ccc23)c2ccccc2O1. The quantitative estimate of drug-likeness (QED) is 0.632. The first-order valence-corrected chi connectivity index (χ1v) is 9.98. The summed E-state index contributed by atoms with van der Waals surface area (Å²) in [6.45, 7) is 3.42. The van der Waals surface area contributed by atoms with E-state index >= 15 is 0 Å². The zero-order chi connectivity index (χ0) is 21.1. The predicted molar refractivity (Wildman–Crippen MR) is 114 cm³/mol. The molecular weight excluding hydrogens is 384 g/mol. The van der Waals surface area contributed by atoms with Crippen molar-refractivity contribution in [2.24, 2.45) is 0 Å². The van der Waals surface area contributed by atoms with Crippen LogP contribution in [0.25, 0.3) is 11.0 Å². The van der Waals surface area contributed by atoms with E-state index in [4.69, 9.17) is 13.9 Å². The molecule has 0 aliphatic carbocycles. The molecule has 0 fully saturated rings. The van der Waals surface area contributed by atoms with E-state index in [0.29, 0.717) is 36.7 Å². The molecule has 3 aromatic rings. The van der Waals surface area contributed by atoms with Crippen LogP contribution in [0.5, 0.6) is 11.5 Å². The number of hydrogen-bond acceptors (Lipinski definition) is 6. The Morgan fingerprint density at radius 1 is 1.23 bits per heavy atom. The van der Waals surface area contributed by atoms with E-state index in [-0.39, 0.29) is 5.91 Å². The molecule has 0 spiro atoms. The van der Waals surface area contributed by atoms with E-state index in [1.165, 1.54) is 6.07 Å². The molecule has 1 amide bonds. The fourth-order valence-corrected chi connectivity index (χ4v) is 3.63. The van der Waals surface area contributed by atoms with Crippen LogP contribution < -0.4 is 25.3 Å². The normalized spacial score (nSPS) is 15.4. The first kappa shape index (κ1) is 19.8. The lowest BCUT2D eigenvalue weighted by Crippen LogP contribution is -2.49. The minimum atomic E-state index is -0.627. The Morgan fingerprint density at radius 3 is 2.87 bits per heavy atom. The molecule has 1 aliphatic rings. The van der Waals surface area contributed by atoms with Crippen molar-refractivity contribution in [2.45, 2.75) is 26.0 Å². The van der Waals surface area contributed by atoms with Crippen molar-refractivity contribution in [3.63, 3.8) is 0 Å². The first-order chi connectivity index (χ1) is 14.6. The van der Waals surface area contributed by atoms with Crippen LogP contribution in [0.15, 0.2) is 57.7 Å². The number of hydrogen-bond donors (Lipinski definition) is 1. The summed E-state index contributed by atoms with van der Waals surface area (Å²) in [6, 6.07) is 14.5. The number of benzene rings is 2. The zero-order valence-electron chi connectivity index (χ0n) is 17.0. The number of ether oxygens (including phenoxy) is 2. The minimum absolute atomic E-state index is 0.140. The molecule has 0 radical (unpaired) electrons. The maximum Gasteiger partial charge on any atom is 0.336 e. The van der Waals surface area contributed by atoms with Gasteiger partial charge in [0.05, 0.1) is 19.3 Å². The van der Waals surface area contributed by atoms with Gasteiger partial charge in [0.25, 0.3) is 5.91 Å². The number of anilines is 1. The van der Waals surface area contributed by atoms with Gasteiger partial charge in [0.1, 0.15) is 17.1 Å². The van der Waals surface area contributed by atoms with Crippen molar-refractivity contribution < 1.29 is 18.7 Å². The number of rotatable bonds is 6. The number of amides is 1. The second-order valence-electron chi connectivity index (χ2n) is 7.20. The van der Waals surface area contributed by atoms with E-state index in [1.54, 1.807) is 13.2 Å². The fraction of sp³-hybridized carbons (Fsp3) is 0.304. The Labute approximate surface area is 174 Å². The Morgan fingerprint density at radius 2 is 2.07 bits per heavy atom. The summed E-state index contributed by atoms with van der Waals surface area (Å²) in [5.74, 6) is 1.13. The summed E-state index contributed by atoms with van der Waals surface area (Å²) in [7, 11) is 1.57. The van der Waals surface area contributed by atoms with E-state index in [9.17, 15) is 9.59 Å². The predicted octanol–water partition coefficient (Wildman–Crippen LogP) is 3.10. The van der Waals surface area contributed by atoms with E-state index in [1.807, 2.05) is 43.3 Å². The molecule has 0 saturated carbocycles. The van der Waals surface area contributed by atoms with Crippen LogP contribution >= 0.6 is 0 Å². The van der Waals surface area contributed by atoms with Gasteiger partial charge in [0, 0.05) is 30.6 Å². The number of para-hydroxylation sites is 2. The summed E-state index contributed by atoms with van der Waals surface area (Å²) in [5.41, 5.74) is 1.74. The molecule has 0 bridgehead atoms. The summed E-state index contributed by atoms with van der Waals surface area (Å²) >= 11 is 0. The number of carbonyl (C=O) groups excluding carboxylic acids is 1. The Balaban J connectivity index is 1.69. The average molecular weight is 408 g/mol. The third-order valence-electron chi connectivity index (χ3n) is 5.10. The summed E-state index contributed by atoms with van der Waals surface area (Å²) < 4.78 is 16.6. The molecule has 2 aromatic carbocycles. The number of fused-ring (bicyclic) bond motifs is 2. The third kappa shape index (κ3) is 3.96. The molecule has 1 atom stereocenters. The van der Waals surface area contributed by atoms with Crippen molar-refractivity contribution in [3.8, 4) is 11.5 Å². The number of nitrogens with one attached hydrogen (secondary N) is 1. The van der Waals surface area contributed by atoms with Gasteiger partial charge >= 0.3 is 5.63 Å². The molecule has 156 valence electrons. The molecule has 30 heavy (non-hydrogen) atoms. The van der Waals surface area contributed by atoms with Gasteiger partial charge in [-0.3, -0.25) is 4.79 Å². The second kappa shape index (κ2) is 8.49. The fourth-order valence-electron chi connectivity index (χ4n) is 3.63. The minimum Gasteiger partial charge on any atom is -0.497 e. The maximum absolute atomic E-state index is 12.6. The van der Waals surface area contributed by atoms with Gasteiger partial charge in [0.2, 0.25) is 0 Å². The van der Waals surface area contributed by atoms with Crippen LogP contribution in [0, 0.1) is 0 Å². The first-order valence-electron chi connectivity index (χ1n) is 9.98. The lowest BCUT2D eigenvalue weighted by Gasteiger charge is -2.35. The average Bonchev–Trinajstić information content (AvgIpc) is 2.76. The van der Waals surface area contributed by atoms with Crippen molar-refractivity contribution in [1.82, 2.24) is 5.32 Å². The van der Waals surface area contributed by atoms with Gasteiger partial charge < -0.3 is 24.1 Å². The molecule has 7 heteroatoms. The number of methoxy groups -OCH3 is 1. The van der Waals surface area contributed by atoms with Crippen LogP contribution in [0.1, 0.15) is 18.9 Å². The van der Waals surface area contributed by atoms with Gasteiger partial charge in [0.15, 0.2) is 6.10 Å².